The maximum absolute atomic E-state index is 9.43. The van der Waals surface area contributed by atoms with E-state index in [1.807, 2.05) is 0 Å². The van der Waals surface area contributed by atoms with Crippen LogP contribution in [0.3, 0.4) is 0 Å². The first-order chi connectivity index (χ1) is 11.0. The molecule has 23 heavy (non-hydrogen) atoms. The molecule has 0 aliphatic heterocycles. The average Bonchev–Trinajstić information content (AvgIpc) is 2.98. The van der Waals surface area contributed by atoms with Gasteiger partial charge in [-0.1, -0.05) is 11.6 Å². The van der Waals surface area contributed by atoms with E-state index in [4.69, 9.17) is 22.1 Å². The molecular formula is C15H16ClN5O2. The Kier molecular flexibility index (Phi) is 5.37. The monoisotopic (exact) mass is 333 g/mol. The molecule has 0 fully saturated rings. The number of anilines is 1. The van der Waals surface area contributed by atoms with Gasteiger partial charge in [0.25, 0.3) is 0 Å². The second-order valence-corrected chi connectivity index (χ2v) is 5.19. The molecule has 8 heteroatoms. The number of ether oxygens (including phenoxy) is 1. The van der Waals surface area contributed by atoms with E-state index >= 15 is 0 Å². The number of halogens is 1. The van der Waals surface area contributed by atoms with Crippen molar-refractivity contribution in [2.75, 3.05) is 19.8 Å². The van der Waals surface area contributed by atoms with Crippen LogP contribution in [0.25, 0.3) is 5.65 Å². The van der Waals surface area contributed by atoms with Crippen LogP contribution in [0.1, 0.15) is 0 Å². The molecule has 0 saturated heterocycles. The molecule has 2 heterocycles. The number of amides is 1. The molecule has 0 radical (unpaired) electrons. The van der Waals surface area contributed by atoms with E-state index in [9.17, 15) is 4.79 Å². The highest BCUT2D eigenvalue weighted by Gasteiger charge is 2.05. The summed E-state index contributed by atoms with van der Waals surface area (Å²) in [6.45, 7) is 0. The van der Waals surface area contributed by atoms with E-state index in [1.165, 1.54) is 11.2 Å². The fourth-order valence-corrected chi connectivity index (χ4v) is 1.81. The highest BCUT2D eigenvalue weighted by molar-refractivity contribution is 6.32. The second-order valence-electron chi connectivity index (χ2n) is 4.79. The average molecular weight is 334 g/mol. The van der Waals surface area contributed by atoms with Crippen LogP contribution in [-0.4, -0.2) is 40.0 Å². The molecule has 120 valence electrons. The number of nitrogen functional groups attached to an aromatic ring is 1. The number of nitrogens with zero attached hydrogens (tertiary/aromatic N) is 4. The summed E-state index contributed by atoms with van der Waals surface area (Å²) in [7, 11) is 3.38. The molecule has 0 aliphatic rings. The first kappa shape index (κ1) is 16.6. The lowest BCUT2D eigenvalue weighted by molar-refractivity contribution is -0.115. The molecule has 0 spiro atoms. The summed E-state index contributed by atoms with van der Waals surface area (Å²) in [6.07, 6.45) is 4.00. The molecule has 2 N–H and O–H groups in total. The Bertz CT molecular complexity index is 803. The lowest BCUT2D eigenvalue weighted by Gasteiger charge is -2.07. The van der Waals surface area contributed by atoms with Crippen molar-refractivity contribution in [2.45, 2.75) is 0 Å². The number of fused-ring (bicyclic) bond motifs is 1. The van der Waals surface area contributed by atoms with E-state index in [1.54, 1.807) is 55.1 Å². The fourth-order valence-electron chi connectivity index (χ4n) is 1.59. The van der Waals surface area contributed by atoms with Gasteiger partial charge in [0, 0.05) is 32.0 Å². The molecular weight excluding hydrogens is 318 g/mol. The van der Waals surface area contributed by atoms with E-state index in [-0.39, 0.29) is 0 Å². The van der Waals surface area contributed by atoms with Crippen LogP contribution in [0.5, 0.6) is 11.5 Å². The first-order valence-electron chi connectivity index (χ1n) is 6.63. The van der Waals surface area contributed by atoms with E-state index in [2.05, 4.69) is 10.1 Å². The van der Waals surface area contributed by atoms with Crippen LogP contribution in [0.4, 0.5) is 5.69 Å². The lowest BCUT2D eigenvalue weighted by Crippen LogP contribution is -2.06. The van der Waals surface area contributed by atoms with Crippen LogP contribution >= 0.6 is 11.6 Å². The number of hydrogen-bond donors (Lipinski definition) is 1. The van der Waals surface area contributed by atoms with E-state index in [0.717, 1.165) is 6.41 Å². The molecule has 0 saturated carbocycles. The maximum Gasteiger partial charge on any atom is 0.209 e. The highest BCUT2D eigenvalue weighted by atomic mass is 35.5. The number of benzene rings is 1. The summed E-state index contributed by atoms with van der Waals surface area (Å²) in [4.78, 5) is 15.0. The van der Waals surface area contributed by atoms with Gasteiger partial charge in [-0.05, 0) is 24.3 Å². The minimum absolute atomic E-state index is 0.469. The van der Waals surface area contributed by atoms with Crippen molar-refractivity contribution >= 4 is 29.3 Å². The molecule has 1 aromatic carbocycles. The number of aromatic nitrogens is 3. The minimum Gasteiger partial charge on any atom is -0.456 e. The summed E-state index contributed by atoms with van der Waals surface area (Å²) in [5.74, 6) is 1.19. The Morgan fingerprint density at radius 1 is 1.30 bits per heavy atom. The standard InChI is InChI=1S/C12H9ClN4O.C3H7NO/c13-10-5-8(14)1-2-11(10)18-9-3-4-17-12(6-9)15-7-16-17;1-4(2)3-5/h1-7H,14H2;3H,1-2H3. The molecule has 7 nitrogen and oxygen atoms in total. The van der Waals surface area contributed by atoms with Gasteiger partial charge in [-0.3, -0.25) is 4.79 Å². The minimum atomic E-state index is 0.469. The molecule has 0 bridgehead atoms. The van der Waals surface area contributed by atoms with Crippen molar-refractivity contribution in [1.29, 1.82) is 0 Å². The lowest BCUT2D eigenvalue weighted by atomic mass is 10.3. The van der Waals surface area contributed by atoms with Crippen LogP contribution in [0.2, 0.25) is 5.02 Å². The van der Waals surface area contributed by atoms with Gasteiger partial charge in [0.2, 0.25) is 6.41 Å². The maximum atomic E-state index is 9.43. The van der Waals surface area contributed by atoms with Crippen molar-refractivity contribution in [3.63, 3.8) is 0 Å². The number of nitrogens with two attached hydrogens (primary N) is 1. The number of carbonyl (C=O) groups is 1. The largest absolute Gasteiger partial charge is 0.456 e. The summed E-state index contributed by atoms with van der Waals surface area (Å²) in [6, 6.07) is 8.67. The second kappa shape index (κ2) is 7.46. The van der Waals surface area contributed by atoms with Gasteiger partial charge in [-0.2, -0.15) is 5.10 Å². The number of pyridine rings is 1. The molecule has 2 aromatic heterocycles. The highest BCUT2D eigenvalue weighted by Crippen LogP contribution is 2.30. The third-order valence-electron chi connectivity index (χ3n) is 2.65. The van der Waals surface area contributed by atoms with Crippen molar-refractivity contribution < 1.29 is 9.53 Å². The predicted molar refractivity (Wildman–Crippen MR) is 88.7 cm³/mol. The summed E-state index contributed by atoms with van der Waals surface area (Å²) in [5, 5.41) is 4.47. The Hall–Kier alpha value is -2.80. The number of carbonyl (C=O) groups excluding carboxylic acids is 1. The fraction of sp³-hybridized carbons (Fsp3) is 0.133. The van der Waals surface area contributed by atoms with Crippen LogP contribution in [-0.2, 0) is 4.79 Å². The van der Waals surface area contributed by atoms with Gasteiger partial charge >= 0.3 is 0 Å². The molecule has 0 aliphatic carbocycles. The van der Waals surface area contributed by atoms with Gasteiger partial charge in [0.15, 0.2) is 5.65 Å². The zero-order valence-corrected chi connectivity index (χ0v) is 13.4. The SMILES string of the molecule is CN(C)C=O.Nc1ccc(Oc2ccn3ncnc3c2)c(Cl)c1. The third kappa shape index (κ3) is 4.58. The topological polar surface area (TPSA) is 85.8 Å². The Balaban J connectivity index is 0.000000338. The van der Waals surface area contributed by atoms with E-state index in [0.29, 0.717) is 27.9 Å². The summed E-state index contributed by atoms with van der Waals surface area (Å²) < 4.78 is 7.32. The third-order valence-corrected chi connectivity index (χ3v) is 2.94. The van der Waals surface area contributed by atoms with Gasteiger partial charge < -0.3 is 15.4 Å². The van der Waals surface area contributed by atoms with Crippen molar-refractivity contribution in [3.8, 4) is 11.5 Å². The molecule has 0 atom stereocenters. The van der Waals surface area contributed by atoms with Crippen molar-refractivity contribution in [1.82, 2.24) is 19.5 Å². The molecule has 3 rings (SSSR count). The van der Waals surface area contributed by atoms with Crippen LogP contribution in [0, 0.1) is 0 Å². The van der Waals surface area contributed by atoms with Crippen LogP contribution in [0.15, 0.2) is 42.9 Å². The Morgan fingerprint density at radius 3 is 2.70 bits per heavy atom. The summed E-state index contributed by atoms with van der Waals surface area (Å²) in [5.41, 5.74) is 6.92. The predicted octanol–water partition coefficient (Wildman–Crippen LogP) is 2.46. The number of rotatable bonds is 3. The number of hydrogen-bond acceptors (Lipinski definition) is 5. The quantitative estimate of drug-likeness (QED) is 0.587. The van der Waals surface area contributed by atoms with Gasteiger partial charge in [-0.15, -0.1) is 0 Å². The smallest absolute Gasteiger partial charge is 0.209 e. The normalized spacial score (nSPS) is 9.87. The molecule has 1 amide bonds. The Labute approximate surface area is 138 Å². The first-order valence-corrected chi connectivity index (χ1v) is 7.01. The van der Waals surface area contributed by atoms with Crippen molar-refractivity contribution in [2.24, 2.45) is 0 Å². The van der Waals surface area contributed by atoms with Gasteiger partial charge in [0.05, 0.1) is 5.02 Å². The van der Waals surface area contributed by atoms with Crippen LogP contribution < -0.4 is 10.5 Å². The zero-order chi connectivity index (χ0) is 16.8. The van der Waals surface area contributed by atoms with Gasteiger partial charge in [0.1, 0.15) is 17.8 Å². The summed E-state index contributed by atoms with van der Waals surface area (Å²) >= 11 is 6.04. The zero-order valence-electron chi connectivity index (χ0n) is 12.7. The Morgan fingerprint density at radius 2 is 2.04 bits per heavy atom. The van der Waals surface area contributed by atoms with E-state index < -0.39 is 0 Å². The van der Waals surface area contributed by atoms with Gasteiger partial charge in [-0.25, -0.2) is 9.50 Å². The molecule has 3 aromatic rings. The van der Waals surface area contributed by atoms with Crippen molar-refractivity contribution in [3.05, 3.63) is 47.9 Å². The molecule has 0 unspecified atom stereocenters.